The molecule has 1 aromatic carbocycles. The Labute approximate surface area is 74.1 Å². The van der Waals surface area contributed by atoms with Crippen molar-refractivity contribution in [2.75, 3.05) is 0 Å². The van der Waals surface area contributed by atoms with Crippen molar-refractivity contribution in [1.29, 1.82) is 0 Å². The Morgan fingerprint density at radius 1 is 1.25 bits per heavy atom. The molecule has 0 unspecified atom stereocenters. The molecule has 1 rings (SSSR count). The number of hydrogen-bond acceptors (Lipinski definition) is 1. The number of aromatic hydroxyl groups is 1. The van der Waals surface area contributed by atoms with Crippen LogP contribution >= 0.6 is 0 Å². The van der Waals surface area contributed by atoms with E-state index in [9.17, 15) is 5.11 Å². The highest BCUT2D eigenvalue weighted by Crippen LogP contribution is 2.32. The van der Waals surface area contributed by atoms with Crippen molar-refractivity contribution in [2.45, 2.75) is 26.2 Å². The van der Waals surface area contributed by atoms with E-state index < -0.39 is 0 Å². The van der Waals surface area contributed by atoms with Gasteiger partial charge in [-0.1, -0.05) is 39.0 Å². The van der Waals surface area contributed by atoms with Crippen LogP contribution in [0.25, 0.3) is 0 Å². The molecule has 0 heterocycles. The van der Waals surface area contributed by atoms with E-state index in [1.807, 2.05) is 18.2 Å². The highest BCUT2D eigenvalue weighted by Gasteiger charge is 2.18. The maximum atomic E-state index is 9.67. The van der Waals surface area contributed by atoms with Gasteiger partial charge in [0.05, 0.1) is 0 Å². The summed E-state index contributed by atoms with van der Waals surface area (Å²) in [5, 5.41) is 9.67. The van der Waals surface area contributed by atoms with E-state index in [1.54, 1.807) is 0 Å². The topological polar surface area (TPSA) is 20.2 Å². The van der Waals surface area contributed by atoms with Crippen LogP contribution in [0.4, 0.5) is 0 Å². The first-order chi connectivity index (χ1) is 5.43. The molecule has 0 atom stereocenters. The Bertz CT molecular complexity index is 282. The van der Waals surface area contributed by atoms with Gasteiger partial charge in [-0.3, -0.25) is 0 Å². The van der Waals surface area contributed by atoms with E-state index in [0.717, 1.165) is 5.56 Å². The largest absolute Gasteiger partial charge is 0.507 e. The van der Waals surface area contributed by atoms with Crippen LogP contribution in [-0.4, -0.2) is 5.11 Å². The van der Waals surface area contributed by atoms with Crippen LogP contribution < -0.4 is 0 Å². The first kappa shape index (κ1) is 9.11. The molecule has 0 fully saturated rings. The molecule has 1 heteroatoms. The third kappa shape index (κ3) is 1.60. The molecule has 65 valence electrons. The predicted molar refractivity (Wildman–Crippen MR) is 51.3 cm³/mol. The molecule has 0 bridgehead atoms. The molecule has 0 aliphatic carbocycles. The van der Waals surface area contributed by atoms with Crippen LogP contribution in [0.5, 0.6) is 5.75 Å². The van der Waals surface area contributed by atoms with Crippen molar-refractivity contribution in [2.24, 2.45) is 0 Å². The summed E-state index contributed by atoms with van der Waals surface area (Å²) in [6.07, 6.45) is 0. The van der Waals surface area contributed by atoms with Gasteiger partial charge in [-0.15, -0.1) is 0 Å². The number of benzene rings is 1. The van der Waals surface area contributed by atoms with E-state index in [4.69, 9.17) is 0 Å². The summed E-state index contributed by atoms with van der Waals surface area (Å²) in [7, 11) is 0. The molecule has 0 aliphatic rings. The zero-order chi connectivity index (χ0) is 9.35. The van der Waals surface area contributed by atoms with Crippen LogP contribution in [-0.2, 0) is 5.41 Å². The Hall–Kier alpha value is -0.980. The van der Waals surface area contributed by atoms with E-state index in [1.165, 1.54) is 0 Å². The van der Waals surface area contributed by atoms with Gasteiger partial charge in [-0.2, -0.15) is 0 Å². The number of hydrogen-bond donors (Lipinski definition) is 1. The Balaban J connectivity index is 3.26. The molecule has 1 N–H and O–H groups in total. The predicted octanol–water partition coefficient (Wildman–Crippen LogP) is 2.87. The van der Waals surface area contributed by atoms with E-state index >= 15 is 0 Å². The van der Waals surface area contributed by atoms with Crippen LogP contribution in [0.15, 0.2) is 18.2 Å². The third-order valence-electron chi connectivity index (χ3n) is 1.93. The SMILES string of the molecule is [CH2]c1cccc(C(C)(C)C)c1O. The van der Waals surface area contributed by atoms with Gasteiger partial charge in [0.2, 0.25) is 0 Å². The molecular weight excluding hydrogens is 148 g/mol. The second-order valence-corrected chi connectivity index (χ2v) is 4.06. The highest BCUT2D eigenvalue weighted by atomic mass is 16.3. The molecule has 0 amide bonds. The second kappa shape index (κ2) is 2.81. The molecular formula is C11H15O. The Morgan fingerprint density at radius 3 is 2.25 bits per heavy atom. The zero-order valence-corrected chi connectivity index (χ0v) is 7.89. The normalized spacial score (nSPS) is 11.7. The fourth-order valence-corrected chi connectivity index (χ4v) is 1.20. The minimum atomic E-state index is -0.0161. The van der Waals surface area contributed by atoms with Crippen molar-refractivity contribution in [3.8, 4) is 5.75 Å². The maximum absolute atomic E-state index is 9.67. The third-order valence-corrected chi connectivity index (χ3v) is 1.93. The number of rotatable bonds is 0. The van der Waals surface area contributed by atoms with Gasteiger partial charge < -0.3 is 5.11 Å². The van der Waals surface area contributed by atoms with Crippen molar-refractivity contribution in [1.82, 2.24) is 0 Å². The molecule has 0 saturated carbocycles. The van der Waals surface area contributed by atoms with Gasteiger partial charge in [-0.05, 0) is 23.5 Å². The summed E-state index contributed by atoms with van der Waals surface area (Å²) in [5.74, 6) is 0.324. The first-order valence-electron chi connectivity index (χ1n) is 4.07. The monoisotopic (exact) mass is 163 g/mol. The lowest BCUT2D eigenvalue weighted by Gasteiger charge is -2.20. The lowest BCUT2D eigenvalue weighted by molar-refractivity contribution is 0.444. The summed E-state index contributed by atoms with van der Waals surface area (Å²) >= 11 is 0. The minimum Gasteiger partial charge on any atom is -0.507 e. The minimum absolute atomic E-state index is 0.0161. The Morgan fingerprint density at radius 2 is 1.83 bits per heavy atom. The van der Waals surface area contributed by atoms with Crippen molar-refractivity contribution in [3.63, 3.8) is 0 Å². The van der Waals surface area contributed by atoms with E-state index in [0.29, 0.717) is 11.3 Å². The summed E-state index contributed by atoms with van der Waals surface area (Å²) < 4.78 is 0. The van der Waals surface area contributed by atoms with Crippen molar-refractivity contribution >= 4 is 0 Å². The zero-order valence-electron chi connectivity index (χ0n) is 7.89. The van der Waals surface area contributed by atoms with E-state index in [-0.39, 0.29) is 5.41 Å². The molecule has 1 radical (unpaired) electrons. The lowest BCUT2D eigenvalue weighted by Crippen LogP contribution is -2.11. The van der Waals surface area contributed by atoms with Crippen molar-refractivity contribution < 1.29 is 5.11 Å². The van der Waals surface area contributed by atoms with Crippen LogP contribution in [0.2, 0.25) is 0 Å². The molecule has 1 nitrogen and oxygen atoms in total. The standard InChI is InChI=1S/C11H15O/c1-8-6-5-7-9(10(8)12)11(2,3)4/h5-7,12H,1H2,2-4H3. The van der Waals surface area contributed by atoms with Gasteiger partial charge >= 0.3 is 0 Å². The summed E-state index contributed by atoms with van der Waals surface area (Å²) in [6, 6.07) is 5.66. The molecule has 1 aromatic rings. The van der Waals surface area contributed by atoms with Crippen molar-refractivity contribution in [3.05, 3.63) is 36.2 Å². The first-order valence-corrected chi connectivity index (χ1v) is 4.07. The quantitative estimate of drug-likeness (QED) is 0.623. The Kier molecular flexibility index (Phi) is 2.14. The molecule has 0 saturated heterocycles. The summed E-state index contributed by atoms with van der Waals surface area (Å²) in [6.45, 7) is 9.96. The lowest BCUT2D eigenvalue weighted by atomic mass is 9.85. The second-order valence-electron chi connectivity index (χ2n) is 4.06. The molecule has 12 heavy (non-hydrogen) atoms. The van der Waals surface area contributed by atoms with Crippen LogP contribution in [0.3, 0.4) is 0 Å². The van der Waals surface area contributed by atoms with E-state index in [2.05, 4.69) is 27.7 Å². The van der Waals surface area contributed by atoms with Gasteiger partial charge in [0.1, 0.15) is 5.75 Å². The highest BCUT2D eigenvalue weighted by molar-refractivity contribution is 5.45. The van der Waals surface area contributed by atoms with Crippen LogP contribution in [0, 0.1) is 6.92 Å². The number of para-hydroxylation sites is 1. The maximum Gasteiger partial charge on any atom is 0.122 e. The van der Waals surface area contributed by atoms with Gasteiger partial charge in [0, 0.05) is 0 Å². The van der Waals surface area contributed by atoms with Gasteiger partial charge in [0.15, 0.2) is 0 Å². The summed E-state index contributed by atoms with van der Waals surface area (Å²) in [4.78, 5) is 0. The molecule has 0 aliphatic heterocycles. The van der Waals surface area contributed by atoms with Gasteiger partial charge in [0.25, 0.3) is 0 Å². The summed E-state index contributed by atoms with van der Waals surface area (Å²) in [5.41, 5.74) is 1.63. The average molecular weight is 163 g/mol. The smallest absolute Gasteiger partial charge is 0.122 e. The fourth-order valence-electron chi connectivity index (χ4n) is 1.20. The fraction of sp³-hybridized carbons (Fsp3) is 0.364. The number of phenols is 1. The molecule has 0 spiro atoms. The number of phenolic OH excluding ortho intramolecular Hbond substituents is 1. The average Bonchev–Trinajstić information content (AvgIpc) is 1.92. The molecule has 0 aromatic heterocycles. The van der Waals surface area contributed by atoms with Crippen LogP contribution in [0.1, 0.15) is 31.9 Å². The van der Waals surface area contributed by atoms with Gasteiger partial charge in [-0.25, -0.2) is 0 Å².